The first kappa shape index (κ1) is 14.9. The summed E-state index contributed by atoms with van der Waals surface area (Å²) in [6.45, 7) is 4.64. The van der Waals surface area contributed by atoms with Gasteiger partial charge in [0.1, 0.15) is 0 Å². The molecular formula is C21H24O2. The number of hydrogen-bond acceptors (Lipinski definition) is 2. The predicted molar refractivity (Wildman–Crippen MR) is 92.3 cm³/mol. The van der Waals surface area contributed by atoms with Crippen LogP contribution in [0.15, 0.2) is 48.5 Å². The topological polar surface area (TPSA) is 40.5 Å². The molecule has 23 heavy (non-hydrogen) atoms. The number of rotatable bonds is 2. The highest BCUT2D eigenvalue weighted by atomic mass is 16.3. The average Bonchev–Trinajstić information content (AvgIpc) is 3.04. The summed E-state index contributed by atoms with van der Waals surface area (Å²) in [4.78, 5) is 0. The number of aliphatic hydroxyl groups excluding tert-OH is 2. The molecule has 0 bridgehead atoms. The summed E-state index contributed by atoms with van der Waals surface area (Å²) in [6, 6.07) is 17.1. The van der Waals surface area contributed by atoms with E-state index in [1.165, 1.54) is 22.3 Å². The van der Waals surface area contributed by atoms with Crippen LogP contribution in [0.3, 0.4) is 0 Å². The largest absolute Gasteiger partial charge is 0.396 e. The third-order valence-electron chi connectivity index (χ3n) is 6.69. The van der Waals surface area contributed by atoms with Crippen LogP contribution >= 0.6 is 0 Å². The van der Waals surface area contributed by atoms with Gasteiger partial charge in [-0.25, -0.2) is 0 Å². The second-order valence-corrected chi connectivity index (χ2v) is 7.78. The highest BCUT2D eigenvalue weighted by molar-refractivity contribution is 5.82. The first-order chi connectivity index (χ1) is 11.0. The second kappa shape index (κ2) is 4.68. The van der Waals surface area contributed by atoms with Crippen LogP contribution in [0, 0.1) is 10.8 Å². The molecule has 2 heteroatoms. The third-order valence-corrected chi connectivity index (χ3v) is 6.69. The molecule has 2 aliphatic carbocycles. The zero-order chi connectivity index (χ0) is 16.3. The van der Waals surface area contributed by atoms with Crippen molar-refractivity contribution in [3.8, 4) is 11.1 Å². The fourth-order valence-corrected chi connectivity index (χ4v) is 5.59. The lowest BCUT2D eigenvalue weighted by atomic mass is 9.53. The third kappa shape index (κ3) is 1.51. The highest BCUT2D eigenvalue weighted by Crippen LogP contribution is 2.71. The van der Waals surface area contributed by atoms with E-state index in [0.29, 0.717) is 0 Å². The summed E-state index contributed by atoms with van der Waals surface area (Å²) in [6.07, 6.45) is 1.84. The van der Waals surface area contributed by atoms with Gasteiger partial charge in [0.2, 0.25) is 0 Å². The normalized spacial score (nSPS) is 30.4. The molecule has 0 amide bonds. The Labute approximate surface area is 137 Å². The Morgan fingerprint density at radius 3 is 1.52 bits per heavy atom. The van der Waals surface area contributed by atoms with Gasteiger partial charge in [-0.1, -0.05) is 62.4 Å². The molecule has 2 aliphatic rings. The molecule has 0 heterocycles. The Bertz CT molecular complexity index is 700. The lowest BCUT2D eigenvalue weighted by Gasteiger charge is -2.50. The van der Waals surface area contributed by atoms with E-state index in [4.69, 9.17) is 0 Å². The SMILES string of the molecule is CC1(CO)CCC(C)(CO)C12c1ccccc1-c1ccccc12. The molecule has 1 fully saturated rings. The molecule has 2 unspecified atom stereocenters. The number of fused-ring (bicyclic) bond motifs is 5. The highest BCUT2D eigenvalue weighted by Gasteiger charge is 2.67. The molecule has 0 radical (unpaired) electrons. The Hall–Kier alpha value is -1.64. The Morgan fingerprint density at radius 2 is 1.13 bits per heavy atom. The van der Waals surface area contributed by atoms with Crippen molar-refractivity contribution in [3.05, 3.63) is 59.7 Å². The molecule has 0 saturated heterocycles. The van der Waals surface area contributed by atoms with E-state index in [1.807, 2.05) is 0 Å². The first-order valence-corrected chi connectivity index (χ1v) is 8.45. The summed E-state index contributed by atoms with van der Waals surface area (Å²) in [5.74, 6) is 0. The lowest BCUT2D eigenvalue weighted by molar-refractivity contribution is 0.0239. The van der Waals surface area contributed by atoms with Crippen molar-refractivity contribution in [1.82, 2.24) is 0 Å². The minimum Gasteiger partial charge on any atom is -0.396 e. The summed E-state index contributed by atoms with van der Waals surface area (Å²) in [5, 5.41) is 20.7. The molecule has 120 valence electrons. The van der Waals surface area contributed by atoms with Crippen molar-refractivity contribution in [2.45, 2.75) is 32.1 Å². The van der Waals surface area contributed by atoms with E-state index in [9.17, 15) is 10.2 Å². The van der Waals surface area contributed by atoms with Crippen LogP contribution in [-0.4, -0.2) is 23.4 Å². The summed E-state index contributed by atoms with van der Waals surface area (Å²) in [7, 11) is 0. The number of hydrogen-bond donors (Lipinski definition) is 2. The van der Waals surface area contributed by atoms with E-state index >= 15 is 0 Å². The maximum absolute atomic E-state index is 10.3. The Kier molecular flexibility index (Phi) is 3.04. The number of benzene rings is 2. The van der Waals surface area contributed by atoms with Crippen molar-refractivity contribution in [2.75, 3.05) is 13.2 Å². The molecule has 1 saturated carbocycles. The van der Waals surface area contributed by atoms with Gasteiger partial charge in [-0.15, -0.1) is 0 Å². The first-order valence-electron chi connectivity index (χ1n) is 8.45. The molecule has 2 N–H and O–H groups in total. The zero-order valence-corrected chi connectivity index (χ0v) is 13.8. The average molecular weight is 308 g/mol. The zero-order valence-electron chi connectivity index (χ0n) is 13.8. The molecular weight excluding hydrogens is 284 g/mol. The van der Waals surface area contributed by atoms with Crippen LogP contribution in [0.4, 0.5) is 0 Å². The fourth-order valence-electron chi connectivity index (χ4n) is 5.59. The number of aliphatic hydroxyl groups is 2. The molecule has 2 aromatic rings. The van der Waals surface area contributed by atoms with Crippen molar-refractivity contribution in [3.63, 3.8) is 0 Å². The van der Waals surface area contributed by atoms with E-state index in [2.05, 4.69) is 62.4 Å². The van der Waals surface area contributed by atoms with Crippen molar-refractivity contribution in [1.29, 1.82) is 0 Å². The standard InChI is InChI=1S/C21H24O2/c1-19(13-22)11-12-20(2,14-23)21(19)17-9-5-3-7-15(17)16-8-4-6-10-18(16)21/h3-10,22-23H,11-14H2,1-2H3. The van der Waals surface area contributed by atoms with Gasteiger partial charge in [-0.3, -0.25) is 0 Å². The van der Waals surface area contributed by atoms with Gasteiger partial charge in [0.05, 0.1) is 0 Å². The molecule has 1 spiro atoms. The molecule has 2 nitrogen and oxygen atoms in total. The lowest BCUT2D eigenvalue weighted by Crippen LogP contribution is -2.52. The molecule has 0 aromatic heterocycles. The van der Waals surface area contributed by atoms with Crippen molar-refractivity contribution in [2.24, 2.45) is 10.8 Å². The monoisotopic (exact) mass is 308 g/mol. The quantitative estimate of drug-likeness (QED) is 0.887. The minimum atomic E-state index is -0.337. The van der Waals surface area contributed by atoms with Crippen LogP contribution in [0.1, 0.15) is 37.8 Å². The Morgan fingerprint density at radius 1 is 0.739 bits per heavy atom. The fraction of sp³-hybridized carbons (Fsp3) is 0.429. The van der Waals surface area contributed by atoms with Crippen molar-refractivity contribution < 1.29 is 10.2 Å². The van der Waals surface area contributed by atoms with Gasteiger partial charge in [0.25, 0.3) is 0 Å². The van der Waals surface area contributed by atoms with E-state index in [0.717, 1.165) is 12.8 Å². The Balaban J connectivity index is 2.17. The van der Waals surface area contributed by atoms with Crippen LogP contribution in [0.2, 0.25) is 0 Å². The van der Waals surface area contributed by atoms with Crippen LogP contribution in [-0.2, 0) is 5.41 Å². The van der Waals surface area contributed by atoms with Gasteiger partial charge in [-0.2, -0.15) is 0 Å². The summed E-state index contributed by atoms with van der Waals surface area (Å²) >= 11 is 0. The van der Waals surface area contributed by atoms with Crippen LogP contribution in [0.5, 0.6) is 0 Å². The maximum atomic E-state index is 10.3. The van der Waals surface area contributed by atoms with Gasteiger partial charge < -0.3 is 10.2 Å². The van der Waals surface area contributed by atoms with Crippen molar-refractivity contribution >= 4 is 0 Å². The summed E-state index contributed by atoms with van der Waals surface area (Å²) in [5.41, 5.74) is 4.17. The molecule has 2 atom stereocenters. The smallest absolute Gasteiger partial charge is 0.0496 e. The predicted octanol–water partition coefficient (Wildman–Crippen LogP) is 3.74. The molecule has 0 aliphatic heterocycles. The van der Waals surface area contributed by atoms with E-state index in [-0.39, 0.29) is 29.5 Å². The van der Waals surface area contributed by atoms with Crippen LogP contribution < -0.4 is 0 Å². The van der Waals surface area contributed by atoms with Gasteiger partial charge in [-0.05, 0) is 35.1 Å². The second-order valence-electron chi connectivity index (χ2n) is 7.78. The van der Waals surface area contributed by atoms with E-state index in [1.54, 1.807) is 0 Å². The van der Waals surface area contributed by atoms with Gasteiger partial charge >= 0.3 is 0 Å². The maximum Gasteiger partial charge on any atom is 0.0496 e. The molecule has 2 aromatic carbocycles. The minimum absolute atomic E-state index is 0.130. The van der Waals surface area contributed by atoms with E-state index < -0.39 is 0 Å². The van der Waals surface area contributed by atoms with Gasteiger partial charge in [0.15, 0.2) is 0 Å². The van der Waals surface area contributed by atoms with Crippen LogP contribution in [0.25, 0.3) is 11.1 Å². The van der Waals surface area contributed by atoms with Gasteiger partial charge in [0, 0.05) is 29.5 Å². The summed E-state index contributed by atoms with van der Waals surface area (Å²) < 4.78 is 0. The molecule has 4 rings (SSSR count).